The second kappa shape index (κ2) is 53.2. The Morgan fingerprint density at radius 2 is 0.591 bits per heavy atom. The van der Waals surface area contributed by atoms with E-state index in [-0.39, 0.29) is 37.5 Å². The molecule has 66 heavy (non-hydrogen) atoms. The first-order valence-electron chi connectivity index (χ1n) is 26.3. The predicted molar refractivity (Wildman–Crippen MR) is 283 cm³/mol. The van der Waals surface area contributed by atoms with E-state index >= 15 is 0 Å². The van der Waals surface area contributed by atoms with Gasteiger partial charge in [-0.05, 0) is 57.8 Å². The third-order valence-electron chi connectivity index (χ3n) is 10.7. The van der Waals surface area contributed by atoms with Crippen LogP contribution in [-0.2, 0) is 28.6 Å². The predicted octanol–water partition coefficient (Wildman–Crippen LogP) is 17.5. The summed E-state index contributed by atoms with van der Waals surface area (Å²) in [6.45, 7) is 6.28. The number of hydrogen-bond donors (Lipinski definition) is 0. The van der Waals surface area contributed by atoms with Crippen LogP contribution in [0.5, 0.6) is 0 Å². The molecule has 0 rings (SSSR count). The number of esters is 3. The van der Waals surface area contributed by atoms with E-state index in [1.807, 2.05) is 97.2 Å². The summed E-state index contributed by atoms with van der Waals surface area (Å²) in [5.74, 6) is -0.982. The normalized spacial score (nSPS) is 13.2. The van der Waals surface area contributed by atoms with Gasteiger partial charge in [0.05, 0.1) is 0 Å². The van der Waals surface area contributed by atoms with Crippen LogP contribution in [0.3, 0.4) is 0 Å². The molecule has 0 aromatic heterocycles. The third kappa shape index (κ3) is 50.5. The Morgan fingerprint density at radius 3 is 0.939 bits per heavy atom. The maximum absolute atomic E-state index is 12.8. The Morgan fingerprint density at radius 1 is 0.318 bits per heavy atom. The van der Waals surface area contributed by atoms with E-state index in [2.05, 4.69) is 57.2 Å². The highest BCUT2D eigenvalue weighted by molar-refractivity contribution is 5.71. The second-order valence-corrected chi connectivity index (χ2v) is 17.0. The van der Waals surface area contributed by atoms with Crippen LogP contribution in [0.1, 0.15) is 207 Å². The molecular weight excluding hydrogens is 817 g/mol. The maximum Gasteiger partial charge on any atom is 0.306 e. The van der Waals surface area contributed by atoms with Crippen LogP contribution in [0, 0.1) is 0 Å². The number of carbonyl (C=O) groups excluding carboxylic acids is 3. The van der Waals surface area contributed by atoms with Gasteiger partial charge in [-0.25, -0.2) is 0 Å². The van der Waals surface area contributed by atoms with E-state index in [1.165, 1.54) is 70.6 Å². The van der Waals surface area contributed by atoms with Gasteiger partial charge in [0.15, 0.2) is 6.10 Å². The molecule has 6 nitrogen and oxygen atoms in total. The number of allylic oxidation sites excluding steroid dienone is 22. The smallest absolute Gasteiger partial charge is 0.306 e. The Labute approximate surface area is 405 Å². The molecule has 6 heteroatoms. The molecule has 0 radical (unpaired) electrons. The SMILES string of the molecule is CC\C=C/C=C\C=C/C=C\C=C\C=C/C=C\CCCCCC(=O)OCC(COC(=O)CCCCCCCCCCCCCCCC)OC(=O)CCCCCCC\C=C/C=C\C=C/C=C\CC. The van der Waals surface area contributed by atoms with E-state index in [9.17, 15) is 14.4 Å². The molecule has 0 amide bonds. The minimum atomic E-state index is -0.813. The zero-order valence-electron chi connectivity index (χ0n) is 42.1. The van der Waals surface area contributed by atoms with Crippen molar-refractivity contribution in [2.75, 3.05) is 13.2 Å². The summed E-state index contributed by atoms with van der Waals surface area (Å²) in [5.41, 5.74) is 0. The largest absolute Gasteiger partial charge is 0.462 e. The molecule has 0 saturated carbocycles. The van der Waals surface area contributed by atoms with Crippen LogP contribution in [-0.4, -0.2) is 37.2 Å². The summed E-state index contributed by atoms with van der Waals surface area (Å²) in [6, 6.07) is 0. The van der Waals surface area contributed by atoms with Gasteiger partial charge in [-0.2, -0.15) is 0 Å². The van der Waals surface area contributed by atoms with Crippen LogP contribution in [0.4, 0.5) is 0 Å². The van der Waals surface area contributed by atoms with Crippen LogP contribution in [0.15, 0.2) is 134 Å². The highest BCUT2D eigenvalue weighted by Gasteiger charge is 2.19. The molecule has 0 aliphatic rings. The lowest BCUT2D eigenvalue weighted by Crippen LogP contribution is -2.30. The fourth-order valence-electron chi connectivity index (χ4n) is 6.79. The van der Waals surface area contributed by atoms with E-state index < -0.39 is 6.10 Å². The van der Waals surface area contributed by atoms with Crippen LogP contribution >= 0.6 is 0 Å². The van der Waals surface area contributed by atoms with Crippen molar-refractivity contribution < 1.29 is 28.6 Å². The fraction of sp³-hybridized carbons (Fsp3) is 0.583. The lowest BCUT2D eigenvalue weighted by Gasteiger charge is -2.18. The van der Waals surface area contributed by atoms with Gasteiger partial charge in [0.1, 0.15) is 13.2 Å². The molecule has 0 spiro atoms. The molecule has 0 saturated heterocycles. The molecule has 1 unspecified atom stereocenters. The molecule has 0 aliphatic heterocycles. The van der Waals surface area contributed by atoms with Crippen molar-refractivity contribution in [1.29, 1.82) is 0 Å². The second-order valence-electron chi connectivity index (χ2n) is 17.0. The molecule has 0 aromatic rings. The van der Waals surface area contributed by atoms with Gasteiger partial charge in [-0.3, -0.25) is 14.4 Å². The van der Waals surface area contributed by atoms with Gasteiger partial charge >= 0.3 is 17.9 Å². The summed E-state index contributed by atoms with van der Waals surface area (Å²) in [6.07, 6.45) is 74.2. The number of hydrogen-bond acceptors (Lipinski definition) is 6. The van der Waals surface area contributed by atoms with Crippen molar-refractivity contribution in [3.8, 4) is 0 Å². The van der Waals surface area contributed by atoms with E-state index in [1.54, 1.807) is 0 Å². The lowest BCUT2D eigenvalue weighted by molar-refractivity contribution is -0.167. The molecule has 0 N–H and O–H groups in total. The topological polar surface area (TPSA) is 78.9 Å². The Hall–Kier alpha value is -4.45. The number of rotatable bonds is 45. The average molecular weight is 911 g/mol. The van der Waals surface area contributed by atoms with Crippen LogP contribution in [0.2, 0.25) is 0 Å². The minimum absolute atomic E-state index is 0.106. The highest BCUT2D eigenvalue weighted by atomic mass is 16.6. The quantitative estimate of drug-likeness (QED) is 0.0262. The first kappa shape index (κ1) is 61.5. The van der Waals surface area contributed by atoms with Gasteiger partial charge in [0, 0.05) is 19.3 Å². The number of unbranched alkanes of at least 4 members (excludes halogenated alkanes) is 21. The Balaban J connectivity index is 4.55. The van der Waals surface area contributed by atoms with Crippen LogP contribution < -0.4 is 0 Å². The van der Waals surface area contributed by atoms with E-state index in [0.29, 0.717) is 12.8 Å². The summed E-state index contributed by atoms with van der Waals surface area (Å²) >= 11 is 0. The van der Waals surface area contributed by atoms with Crippen molar-refractivity contribution in [2.45, 2.75) is 213 Å². The molecular formula is C60H94O6. The summed E-state index contributed by atoms with van der Waals surface area (Å²) < 4.78 is 16.8. The van der Waals surface area contributed by atoms with Gasteiger partial charge < -0.3 is 14.2 Å². The van der Waals surface area contributed by atoms with Gasteiger partial charge in [0.2, 0.25) is 0 Å². The van der Waals surface area contributed by atoms with Crippen molar-refractivity contribution in [2.24, 2.45) is 0 Å². The molecule has 0 aromatic carbocycles. The molecule has 0 bridgehead atoms. The summed E-state index contributed by atoms with van der Waals surface area (Å²) in [4.78, 5) is 38.0. The maximum atomic E-state index is 12.8. The lowest BCUT2D eigenvalue weighted by atomic mass is 10.0. The molecule has 370 valence electrons. The molecule has 0 fully saturated rings. The van der Waals surface area contributed by atoms with Crippen LogP contribution in [0.25, 0.3) is 0 Å². The summed E-state index contributed by atoms with van der Waals surface area (Å²) in [7, 11) is 0. The third-order valence-corrected chi connectivity index (χ3v) is 10.7. The zero-order chi connectivity index (χ0) is 47.9. The fourth-order valence-corrected chi connectivity index (χ4v) is 6.79. The first-order chi connectivity index (χ1) is 32.5. The zero-order valence-corrected chi connectivity index (χ0v) is 42.1. The van der Waals surface area contributed by atoms with Gasteiger partial charge in [-0.15, -0.1) is 0 Å². The average Bonchev–Trinajstić information content (AvgIpc) is 3.31. The monoisotopic (exact) mass is 911 g/mol. The number of carbonyl (C=O) groups is 3. The first-order valence-corrected chi connectivity index (χ1v) is 26.3. The van der Waals surface area contributed by atoms with Crippen molar-refractivity contribution in [3.63, 3.8) is 0 Å². The van der Waals surface area contributed by atoms with Crippen molar-refractivity contribution in [1.82, 2.24) is 0 Å². The standard InChI is InChI=1S/C60H94O6/c1-4-7-10-13-16-19-22-25-28-29-30-31-33-35-38-41-44-47-50-53-59(62)65-56-57(55-64-58(61)52-49-46-43-40-37-34-27-24-21-18-15-12-9-6-3)66-60(63)54-51-48-45-42-39-36-32-26-23-20-17-14-11-8-5-2/h7-8,10-11,13-14,16-17,19-20,22-23,25-26,28-33,35,38,57H,4-6,9,12,15,18,21,24,27,34,36-37,39-56H2,1-3H3/b10-7-,11-8-,16-13-,17-14-,22-19-,23-20-,28-25-,30-29+,32-26-,33-31-,38-35-. The van der Waals surface area contributed by atoms with Crippen molar-refractivity contribution >= 4 is 17.9 Å². The molecule has 1 atom stereocenters. The Bertz CT molecular complexity index is 1460. The molecule has 0 aliphatic carbocycles. The van der Waals surface area contributed by atoms with Gasteiger partial charge in [-0.1, -0.05) is 264 Å². The highest BCUT2D eigenvalue weighted by Crippen LogP contribution is 2.15. The minimum Gasteiger partial charge on any atom is -0.462 e. The Kier molecular flexibility index (Phi) is 49.6. The van der Waals surface area contributed by atoms with E-state index in [0.717, 1.165) is 96.3 Å². The van der Waals surface area contributed by atoms with Crippen molar-refractivity contribution in [3.05, 3.63) is 134 Å². The van der Waals surface area contributed by atoms with E-state index in [4.69, 9.17) is 14.2 Å². The van der Waals surface area contributed by atoms with Gasteiger partial charge in [0.25, 0.3) is 0 Å². The molecule has 0 heterocycles. The number of ether oxygens (including phenoxy) is 3. The summed E-state index contributed by atoms with van der Waals surface area (Å²) in [5, 5.41) is 0.